The van der Waals surface area contributed by atoms with Crippen LogP contribution < -0.4 is 10.6 Å². The predicted octanol–water partition coefficient (Wildman–Crippen LogP) is 2.32. The molecule has 2 aromatic heterocycles. The largest absolute Gasteiger partial charge is 0.363 e. The quantitative estimate of drug-likeness (QED) is 0.865. The van der Waals surface area contributed by atoms with Gasteiger partial charge in [0.05, 0.1) is 5.52 Å². The summed E-state index contributed by atoms with van der Waals surface area (Å²) in [4.78, 5) is 16.6. The minimum absolute atomic E-state index is 0.0144. The fourth-order valence-corrected chi connectivity index (χ4v) is 2.81. The van der Waals surface area contributed by atoms with Crippen molar-refractivity contribution in [3.8, 4) is 0 Å². The number of aromatic nitrogens is 2. The molecule has 3 heterocycles. The number of hydrogen-bond acceptors (Lipinski definition) is 3. The first kappa shape index (κ1) is 13.8. The molecule has 0 atom stereocenters. The van der Waals surface area contributed by atoms with Crippen LogP contribution in [-0.4, -0.2) is 27.9 Å². The number of fused-ring (bicyclic) bond motifs is 1. The van der Waals surface area contributed by atoms with E-state index in [4.69, 9.17) is 5.73 Å². The first-order chi connectivity index (χ1) is 9.92. The molecule has 3 rings (SSSR count). The molecule has 1 aliphatic rings. The molecule has 2 aromatic rings. The van der Waals surface area contributed by atoms with Gasteiger partial charge in [0, 0.05) is 18.7 Å². The number of hydrogen-bond donors (Lipinski definition) is 1. The summed E-state index contributed by atoms with van der Waals surface area (Å²) in [7, 11) is 0. The maximum atomic E-state index is 14.2. The van der Waals surface area contributed by atoms with Crippen LogP contribution in [0.2, 0.25) is 0 Å². The Morgan fingerprint density at radius 1 is 1.38 bits per heavy atom. The lowest BCUT2D eigenvalue weighted by molar-refractivity contribution is -0.0252. The monoisotopic (exact) mass is 294 g/mol. The number of amides is 1. The molecule has 1 saturated heterocycles. The van der Waals surface area contributed by atoms with E-state index in [1.807, 2.05) is 0 Å². The van der Waals surface area contributed by atoms with Crippen molar-refractivity contribution in [2.24, 2.45) is 5.73 Å². The standard InChI is InChI=1S/C14H16F2N4O/c1-9-5-4-6-10-12(18-13(11(17)21)20(9)10)19-8-3-2-7-14(19,15)16/h4-6H,2-3,7-8H2,1H3,(H2,17,21). The Morgan fingerprint density at radius 3 is 2.81 bits per heavy atom. The third kappa shape index (κ3) is 2.12. The number of nitrogens with two attached hydrogens (primary N) is 1. The zero-order valence-corrected chi connectivity index (χ0v) is 11.6. The minimum Gasteiger partial charge on any atom is -0.363 e. The van der Waals surface area contributed by atoms with Gasteiger partial charge >= 0.3 is 6.05 Å². The van der Waals surface area contributed by atoms with E-state index in [1.54, 1.807) is 25.1 Å². The summed E-state index contributed by atoms with van der Waals surface area (Å²) in [6.07, 6.45) is 0.951. The Morgan fingerprint density at radius 2 is 2.14 bits per heavy atom. The highest BCUT2D eigenvalue weighted by Crippen LogP contribution is 2.37. The minimum atomic E-state index is -2.95. The Kier molecular flexibility index (Phi) is 3.07. The number of pyridine rings is 1. The number of piperidine rings is 1. The molecule has 112 valence electrons. The summed E-state index contributed by atoms with van der Waals surface area (Å²) < 4.78 is 29.8. The predicted molar refractivity (Wildman–Crippen MR) is 74.6 cm³/mol. The van der Waals surface area contributed by atoms with Gasteiger partial charge in [-0.25, -0.2) is 4.98 Å². The number of halogens is 2. The second kappa shape index (κ2) is 4.68. The van der Waals surface area contributed by atoms with Crippen LogP contribution in [0, 0.1) is 6.92 Å². The average Bonchev–Trinajstić information content (AvgIpc) is 2.79. The molecule has 0 saturated carbocycles. The molecule has 0 bridgehead atoms. The molecule has 5 nitrogen and oxygen atoms in total. The fraction of sp³-hybridized carbons (Fsp3) is 0.429. The Balaban J connectivity index is 2.24. The van der Waals surface area contributed by atoms with Crippen LogP contribution in [0.1, 0.15) is 35.6 Å². The Hall–Kier alpha value is -2.18. The zero-order chi connectivity index (χ0) is 15.2. The summed E-state index contributed by atoms with van der Waals surface area (Å²) >= 11 is 0. The molecular weight excluding hydrogens is 278 g/mol. The normalized spacial score (nSPS) is 18.1. The first-order valence-corrected chi connectivity index (χ1v) is 6.85. The number of alkyl halides is 2. The van der Waals surface area contributed by atoms with E-state index < -0.39 is 12.0 Å². The van der Waals surface area contributed by atoms with Gasteiger partial charge in [0.15, 0.2) is 5.82 Å². The van der Waals surface area contributed by atoms with Crippen molar-refractivity contribution in [3.05, 3.63) is 29.7 Å². The van der Waals surface area contributed by atoms with E-state index in [-0.39, 0.29) is 24.6 Å². The summed E-state index contributed by atoms with van der Waals surface area (Å²) in [6, 6.07) is 2.25. The van der Waals surface area contributed by atoms with Crippen molar-refractivity contribution in [1.82, 2.24) is 9.38 Å². The van der Waals surface area contributed by atoms with Gasteiger partial charge in [-0.1, -0.05) is 6.07 Å². The molecule has 2 N–H and O–H groups in total. The average molecular weight is 294 g/mol. The van der Waals surface area contributed by atoms with E-state index >= 15 is 0 Å². The smallest absolute Gasteiger partial charge is 0.326 e. The second-order valence-electron chi connectivity index (χ2n) is 5.29. The lowest BCUT2D eigenvalue weighted by atomic mass is 10.1. The maximum absolute atomic E-state index is 14.2. The lowest BCUT2D eigenvalue weighted by Gasteiger charge is -2.35. The van der Waals surface area contributed by atoms with Crippen molar-refractivity contribution >= 4 is 17.2 Å². The summed E-state index contributed by atoms with van der Waals surface area (Å²) in [5.74, 6) is -0.623. The van der Waals surface area contributed by atoms with Gasteiger partial charge < -0.3 is 5.73 Å². The summed E-state index contributed by atoms with van der Waals surface area (Å²) in [5.41, 5.74) is 6.53. The molecule has 1 fully saturated rings. The highest BCUT2D eigenvalue weighted by Gasteiger charge is 2.41. The van der Waals surface area contributed by atoms with Crippen molar-refractivity contribution in [2.75, 3.05) is 11.4 Å². The second-order valence-corrected chi connectivity index (χ2v) is 5.29. The number of rotatable bonds is 2. The molecule has 0 spiro atoms. The van der Waals surface area contributed by atoms with Crippen LogP contribution >= 0.6 is 0 Å². The van der Waals surface area contributed by atoms with Crippen molar-refractivity contribution in [2.45, 2.75) is 32.2 Å². The topological polar surface area (TPSA) is 63.6 Å². The van der Waals surface area contributed by atoms with Crippen LogP contribution in [0.25, 0.3) is 5.52 Å². The van der Waals surface area contributed by atoms with Crippen molar-refractivity contribution in [3.63, 3.8) is 0 Å². The Labute approximate surface area is 120 Å². The third-order valence-electron chi connectivity index (χ3n) is 3.82. The third-order valence-corrected chi connectivity index (χ3v) is 3.82. The zero-order valence-electron chi connectivity index (χ0n) is 11.6. The van der Waals surface area contributed by atoms with Gasteiger partial charge in [-0.05, 0) is 31.9 Å². The van der Waals surface area contributed by atoms with Crippen LogP contribution in [-0.2, 0) is 0 Å². The number of nitrogens with zero attached hydrogens (tertiary/aromatic N) is 3. The van der Waals surface area contributed by atoms with Crippen LogP contribution in [0.5, 0.6) is 0 Å². The number of carbonyl (C=O) groups is 1. The lowest BCUT2D eigenvalue weighted by Crippen LogP contribution is -2.45. The van der Waals surface area contributed by atoms with E-state index in [1.165, 1.54) is 4.40 Å². The summed E-state index contributed by atoms with van der Waals surface area (Å²) in [5, 5.41) is 0. The first-order valence-electron chi connectivity index (χ1n) is 6.85. The van der Waals surface area contributed by atoms with Gasteiger partial charge in [0.2, 0.25) is 5.82 Å². The van der Waals surface area contributed by atoms with Gasteiger partial charge in [-0.2, -0.15) is 8.78 Å². The molecule has 0 radical (unpaired) electrons. The number of primary amides is 1. The van der Waals surface area contributed by atoms with E-state index in [9.17, 15) is 13.6 Å². The van der Waals surface area contributed by atoms with Gasteiger partial charge in [-0.15, -0.1) is 0 Å². The van der Waals surface area contributed by atoms with Crippen LogP contribution in [0.3, 0.4) is 0 Å². The molecular formula is C14H16F2N4O. The van der Waals surface area contributed by atoms with Crippen LogP contribution in [0.4, 0.5) is 14.6 Å². The molecule has 0 unspecified atom stereocenters. The highest BCUT2D eigenvalue weighted by atomic mass is 19.3. The molecule has 7 heteroatoms. The van der Waals surface area contributed by atoms with E-state index in [0.717, 1.165) is 10.6 Å². The van der Waals surface area contributed by atoms with Gasteiger partial charge in [-0.3, -0.25) is 14.1 Å². The molecule has 1 amide bonds. The van der Waals surface area contributed by atoms with Gasteiger partial charge in [0.25, 0.3) is 5.91 Å². The van der Waals surface area contributed by atoms with E-state index in [2.05, 4.69) is 4.98 Å². The number of imidazole rings is 1. The number of anilines is 1. The van der Waals surface area contributed by atoms with Gasteiger partial charge in [0.1, 0.15) is 0 Å². The SMILES string of the molecule is Cc1cccc2c(N3CCCCC3(F)F)nc(C(N)=O)n12. The number of carbonyl (C=O) groups excluding carboxylic acids is 1. The highest BCUT2D eigenvalue weighted by molar-refractivity contribution is 5.92. The summed E-state index contributed by atoms with van der Waals surface area (Å²) in [6.45, 7) is 1.99. The molecule has 21 heavy (non-hydrogen) atoms. The van der Waals surface area contributed by atoms with Crippen LogP contribution in [0.15, 0.2) is 18.2 Å². The number of aryl methyl sites for hydroxylation is 1. The van der Waals surface area contributed by atoms with Crippen molar-refractivity contribution in [1.29, 1.82) is 0 Å². The maximum Gasteiger partial charge on any atom is 0.326 e. The molecule has 0 aromatic carbocycles. The Bertz CT molecular complexity index is 710. The fourth-order valence-electron chi connectivity index (χ4n) is 2.81. The van der Waals surface area contributed by atoms with Crippen molar-refractivity contribution < 1.29 is 13.6 Å². The molecule has 0 aliphatic carbocycles. The molecule has 1 aliphatic heterocycles. The van der Waals surface area contributed by atoms with E-state index in [0.29, 0.717) is 18.4 Å².